The number of halogens is 1. The Morgan fingerprint density at radius 2 is 1.56 bits per heavy atom. The van der Waals surface area contributed by atoms with Crippen LogP contribution in [0, 0.1) is 12.8 Å². The van der Waals surface area contributed by atoms with E-state index in [0.29, 0.717) is 12.1 Å². The van der Waals surface area contributed by atoms with E-state index < -0.39 is 6.04 Å². The van der Waals surface area contributed by atoms with Gasteiger partial charge >= 0.3 is 0 Å². The van der Waals surface area contributed by atoms with Crippen LogP contribution >= 0.6 is 12.4 Å². The highest BCUT2D eigenvalue weighted by molar-refractivity contribution is 5.94. The second-order valence-corrected chi connectivity index (χ2v) is 5.96. The van der Waals surface area contributed by atoms with Crippen LogP contribution in [-0.2, 0) is 9.59 Å². The summed E-state index contributed by atoms with van der Waals surface area (Å²) in [6.07, 6.45) is 0. The molecule has 0 saturated carbocycles. The molecule has 1 rings (SSSR count). The van der Waals surface area contributed by atoms with Crippen molar-refractivity contribution < 1.29 is 14.4 Å². The van der Waals surface area contributed by atoms with Gasteiger partial charge in [0, 0.05) is 18.7 Å². The van der Waals surface area contributed by atoms with Crippen LogP contribution < -0.4 is 21.7 Å². The van der Waals surface area contributed by atoms with E-state index in [0.717, 1.165) is 5.56 Å². The Morgan fingerprint density at radius 1 is 1.00 bits per heavy atom. The third-order valence-electron chi connectivity index (χ3n) is 3.49. The zero-order chi connectivity index (χ0) is 18.1. The second kappa shape index (κ2) is 11.4. The van der Waals surface area contributed by atoms with E-state index in [4.69, 9.17) is 5.73 Å². The number of nitrogens with one attached hydrogen (secondary N) is 3. The number of carbonyl (C=O) groups excluding carboxylic acids is 3. The summed E-state index contributed by atoms with van der Waals surface area (Å²) in [6, 6.07) is 6.59. The molecule has 3 amide bonds. The molecule has 25 heavy (non-hydrogen) atoms. The molecule has 0 saturated heterocycles. The lowest BCUT2D eigenvalue weighted by Gasteiger charge is -2.15. The lowest BCUT2D eigenvalue weighted by Crippen LogP contribution is -2.47. The van der Waals surface area contributed by atoms with Gasteiger partial charge in [0.05, 0.1) is 12.6 Å². The lowest BCUT2D eigenvalue weighted by molar-refractivity contribution is -0.127. The number of benzene rings is 1. The van der Waals surface area contributed by atoms with Gasteiger partial charge in [0.2, 0.25) is 11.8 Å². The Kier molecular flexibility index (Phi) is 10.5. The minimum absolute atomic E-state index is 0. The Labute approximate surface area is 154 Å². The van der Waals surface area contributed by atoms with Crippen molar-refractivity contribution in [3.63, 3.8) is 0 Å². The molecule has 1 aromatic rings. The molecule has 0 fully saturated rings. The first kappa shape index (κ1) is 22.9. The van der Waals surface area contributed by atoms with Crippen LogP contribution in [0.5, 0.6) is 0 Å². The molecule has 0 radical (unpaired) electrons. The highest BCUT2D eigenvalue weighted by Crippen LogP contribution is 2.02. The van der Waals surface area contributed by atoms with E-state index in [2.05, 4.69) is 16.0 Å². The fraction of sp³-hybridized carbons (Fsp3) is 0.471. The van der Waals surface area contributed by atoms with Crippen molar-refractivity contribution in [1.29, 1.82) is 0 Å². The first-order valence-corrected chi connectivity index (χ1v) is 7.96. The first-order chi connectivity index (χ1) is 11.3. The van der Waals surface area contributed by atoms with E-state index in [1.165, 1.54) is 0 Å². The molecule has 7 nitrogen and oxygen atoms in total. The summed E-state index contributed by atoms with van der Waals surface area (Å²) in [5.41, 5.74) is 7.33. The summed E-state index contributed by atoms with van der Waals surface area (Å²) >= 11 is 0. The van der Waals surface area contributed by atoms with E-state index >= 15 is 0 Å². The van der Waals surface area contributed by atoms with Crippen LogP contribution in [-0.4, -0.2) is 43.4 Å². The van der Waals surface area contributed by atoms with Crippen LogP contribution in [0.15, 0.2) is 24.3 Å². The number of hydrogen-bond donors (Lipinski definition) is 4. The summed E-state index contributed by atoms with van der Waals surface area (Å²) in [6.45, 7) is 6.07. The number of hydrogen-bond acceptors (Lipinski definition) is 4. The van der Waals surface area contributed by atoms with Gasteiger partial charge in [-0.05, 0) is 25.0 Å². The predicted molar refractivity (Wildman–Crippen MR) is 99.6 cm³/mol. The van der Waals surface area contributed by atoms with Gasteiger partial charge in [-0.1, -0.05) is 31.5 Å². The molecule has 5 N–H and O–H groups in total. The van der Waals surface area contributed by atoms with Gasteiger partial charge in [-0.2, -0.15) is 0 Å². The third kappa shape index (κ3) is 8.51. The summed E-state index contributed by atoms with van der Waals surface area (Å²) in [7, 11) is 0. The van der Waals surface area contributed by atoms with Crippen molar-refractivity contribution >= 4 is 30.1 Å². The number of aryl methyl sites for hydroxylation is 1. The van der Waals surface area contributed by atoms with Crippen molar-refractivity contribution in [3.05, 3.63) is 35.4 Å². The molecule has 0 aliphatic heterocycles. The Morgan fingerprint density at radius 3 is 2.12 bits per heavy atom. The fourth-order valence-electron chi connectivity index (χ4n) is 1.84. The van der Waals surface area contributed by atoms with Crippen molar-refractivity contribution in [1.82, 2.24) is 16.0 Å². The van der Waals surface area contributed by atoms with Crippen molar-refractivity contribution in [2.45, 2.75) is 26.8 Å². The third-order valence-corrected chi connectivity index (χ3v) is 3.49. The average molecular weight is 371 g/mol. The van der Waals surface area contributed by atoms with E-state index in [1.54, 1.807) is 12.1 Å². The Balaban J connectivity index is 0.00000576. The SMILES string of the molecule is Cc1ccc(C(=O)NCCNC(=O)CNC(=O)[C@@H](N)C(C)C)cc1.Cl. The molecular weight excluding hydrogens is 344 g/mol. The zero-order valence-corrected chi connectivity index (χ0v) is 15.6. The largest absolute Gasteiger partial charge is 0.353 e. The fourth-order valence-corrected chi connectivity index (χ4v) is 1.84. The molecule has 1 aromatic carbocycles. The molecule has 0 spiro atoms. The minimum atomic E-state index is -0.633. The molecule has 1 atom stereocenters. The van der Waals surface area contributed by atoms with Gasteiger partial charge in [0.15, 0.2) is 0 Å². The Hall–Kier alpha value is -2.12. The smallest absolute Gasteiger partial charge is 0.251 e. The van der Waals surface area contributed by atoms with Gasteiger partial charge in [-0.15, -0.1) is 12.4 Å². The van der Waals surface area contributed by atoms with Crippen LogP contribution in [0.1, 0.15) is 29.8 Å². The number of rotatable bonds is 8. The number of nitrogens with two attached hydrogens (primary N) is 1. The quantitative estimate of drug-likeness (QED) is 0.495. The normalized spacial score (nSPS) is 11.2. The van der Waals surface area contributed by atoms with Gasteiger partial charge in [-0.25, -0.2) is 0 Å². The maximum atomic E-state index is 11.9. The molecular formula is C17H27ClN4O3. The molecule has 0 heterocycles. The molecule has 8 heteroatoms. The first-order valence-electron chi connectivity index (χ1n) is 7.96. The van der Waals surface area contributed by atoms with Gasteiger partial charge in [0.25, 0.3) is 5.91 Å². The predicted octanol–water partition coefficient (Wildman–Crippen LogP) is 0.362. The van der Waals surface area contributed by atoms with Gasteiger partial charge < -0.3 is 21.7 Å². The van der Waals surface area contributed by atoms with E-state index in [9.17, 15) is 14.4 Å². The number of carbonyl (C=O) groups is 3. The maximum Gasteiger partial charge on any atom is 0.251 e. The van der Waals surface area contributed by atoms with Crippen LogP contribution in [0.25, 0.3) is 0 Å². The Bertz CT molecular complexity index is 576. The molecule has 0 unspecified atom stereocenters. The molecule has 0 aliphatic carbocycles. The molecule has 0 aliphatic rings. The molecule has 140 valence electrons. The average Bonchev–Trinajstić information content (AvgIpc) is 2.56. The topological polar surface area (TPSA) is 113 Å². The molecule has 0 bridgehead atoms. The lowest BCUT2D eigenvalue weighted by atomic mass is 10.1. The standard InChI is InChI=1S/C17H26N4O3.ClH/c1-11(2)15(18)17(24)21-10-14(22)19-8-9-20-16(23)13-6-4-12(3)5-7-13;/h4-7,11,15H,8-10,18H2,1-3H3,(H,19,22)(H,20,23)(H,21,24);1H/t15-;/m0./s1. The van der Waals surface area contributed by atoms with Crippen molar-refractivity contribution in [3.8, 4) is 0 Å². The summed E-state index contributed by atoms with van der Waals surface area (Å²) in [5, 5.41) is 7.80. The summed E-state index contributed by atoms with van der Waals surface area (Å²) in [5.74, 6) is -0.873. The van der Waals surface area contributed by atoms with Crippen molar-refractivity contribution in [2.24, 2.45) is 11.7 Å². The zero-order valence-electron chi connectivity index (χ0n) is 14.8. The van der Waals surface area contributed by atoms with Gasteiger partial charge in [-0.3, -0.25) is 14.4 Å². The monoisotopic (exact) mass is 370 g/mol. The summed E-state index contributed by atoms with van der Waals surface area (Å²) < 4.78 is 0. The van der Waals surface area contributed by atoms with Crippen molar-refractivity contribution in [2.75, 3.05) is 19.6 Å². The maximum absolute atomic E-state index is 11.9. The van der Waals surface area contributed by atoms with E-state index in [-0.39, 0.29) is 49.1 Å². The van der Waals surface area contributed by atoms with Crippen LogP contribution in [0.3, 0.4) is 0 Å². The van der Waals surface area contributed by atoms with Gasteiger partial charge in [0.1, 0.15) is 0 Å². The minimum Gasteiger partial charge on any atom is -0.353 e. The van der Waals surface area contributed by atoms with Crippen LogP contribution in [0.2, 0.25) is 0 Å². The van der Waals surface area contributed by atoms with E-state index in [1.807, 2.05) is 32.9 Å². The molecule has 0 aromatic heterocycles. The number of amides is 3. The van der Waals surface area contributed by atoms with Crippen LogP contribution in [0.4, 0.5) is 0 Å². The summed E-state index contributed by atoms with van der Waals surface area (Å²) in [4.78, 5) is 35.1. The highest BCUT2D eigenvalue weighted by atomic mass is 35.5. The highest BCUT2D eigenvalue weighted by Gasteiger charge is 2.17. The second-order valence-electron chi connectivity index (χ2n) is 5.96.